The Hall–Kier alpha value is -3.47. The molecule has 1 amide bonds. The summed E-state index contributed by atoms with van der Waals surface area (Å²) >= 11 is 0. The fraction of sp³-hybridized carbons (Fsp3) is 0.208. The molecule has 0 fully saturated rings. The minimum Gasteiger partial charge on any atom is -0.311 e. The summed E-state index contributed by atoms with van der Waals surface area (Å²) in [6, 6.07) is 20.3. The number of pyridine rings is 1. The molecule has 0 aliphatic rings. The van der Waals surface area contributed by atoms with E-state index in [1.807, 2.05) is 67.9 Å². The number of amides is 1. The van der Waals surface area contributed by atoms with E-state index in [1.165, 1.54) is 0 Å². The molecule has 0 atom stereocenters. The molecule has 29 heavy (non-hydrogen) atoms. The SMILES string of the molecule is Cc1nc2ccccc2c(-c2ccccc2)c1CC(=O)Nc1ccnn1C(C)C. The minimum atomic E-state index is -0.0789. The Morgan fingerprint density at radius 3 is 2.52 bits per heavy atom. The van der Waals surface area contributed by atoms with E-state index in [1.54, 1.807) is 6.20 Å². The minimum absolute atomic E-state index is 0.0789. The average molecular weight is 384 g/mol. The zero-order valence-electron chi connectivity index (χ0n) is 16.9. The number of carbonyl (C=O) groups is 1. The van der Waals surface area contributed by atoms with Gasteiger partial charge in [0.05, 0.1) is 18.1 Å². The molecule has 0 aliphatic heterocycles. The lowest BCUT2D eigenvalue weighted by molar-refractivity contribution is -0.115. The fourth-order valence-electron chi connectivity index (χ4n) is 3.70. The van der Waals surface area contributed by atoms with Crippen LogP contribution in [0.15, 0.2) is 66.9 Å². The van der Waals surface area contributed by atoms with Gasteiger partial charge in [0, 0.05) is 23.2 Å². The van der Waals surface area contributed by atoms with Crippen molar-refractivity contribution in [3.05, 3.63) is 78.1 Å². The average Bonchev–Trinajstić information content (AvgIpc) is 3.17. The van der Waals surface area contributed by atoms with Gasteiger partial charge in [0.1, 0.15) is 5.82 Å². The molecule has 5 nitrogen and oxygen atoms in total. The maximum absolute atomic E-state index is 12.9. The van der Waals surface area contributed by atoms with Crippen LogP contribution in [0.3, 0.4) is 0 Å². The largest absolute Gasteiger partial charge is 0.311 e. The van der Waals surface area contributed by atoms with Crippen LogP contribution in [-0.4, -0.2) is 20.7 Å². The number of hydrogen-bond acceptors (Lipinski definition) is 3. The highest BCUT2D eigenvalue weighted by Gasteiger charge is 2.18. The quantitative estimate of drug-likeness (QED) is 0.516. The molecule has 146 valence electrons. The smallest absolute Gasteiger partial charge is 0.230 e. The molecule has 0 bridgehead atoms. The number of anilines is 1. The van der Waals surface area contributed by atoms with Gasteiger partial charge in [-0.05, 0) is 43.5 Å². The molecule has 0 saturated carbocycles. The number of para-hydroxylation sites is 1. The molecular formula is C24H24N4O. The normalized spacial score (nSPS) is 11.2. The lowest BCUT2D eigenvalue weighted by atomic mass is 9.92. The lowest BCUT2D eigenvalue weighted by Crippen LogP contribution is -2.19. The van der Waals surface area contributed by atoms with Crippen molar-refractivity contribution in [1.29, 1.82) is 0 Å². The van der Waals surface area contributed by atoms with Crippen LogP contribution < -0.4 is 5.32 Å². The van der Waals surface area contributed by atoms with E-state index in [0.717, 1.165) is 33.3 Å². The second-order valence-corrected chi connectivity index (χ2v) is 7.41. The third kappa shape index (κ3) is 3.76. The third-order valence-electron chi connectivity index (χ3n) is 5.03. The number of nitrogens with zero attached hydrogens (tertiary/aromatic N) is 3. The molecule has 1 N–H and O–H groups in total. The molecule has 2 aromatic heterocycles. The lowest BCUT2D eigenvalue weighted by Gasteiger charge is -2.17. The predicted octanol–water partition coefficient (Wildman–Crippen LogP) is 5.17. The predicted molar refractivity (Wildman–Crippen MR) is 117 cm³/mol. The number of carbonyl (C=O) groups excluding carboxylic acids is 1. The summed E-state index contributed by atoms with van der Waals surface area (Å²) in [5.74, 6) is 0.627. The Morgan fingerprint density at radius 1 is 1.03 bits per heavy atom. The van der Waals surface area contributed by atoms with E-state index in [0.29, 0.717) is 5.82 Å². The number of hydrogen-bond donors (Lipinski definition) is 1. The van der Waals surface area contributed by atoms with Crippen LogP contribution >= 0.6 is 0 Å². The Morgan fingerprint density at radius 2 is 1.76 bits per heavy atom. The van der Waals surface area contributed by atoms with Gasteiger partial charge in [-0.1, -0.05) is 48.5 Å². The molecule has 0 saturated heterocycles. The van der Waals surface area contributed by atoms with Crippen LogP contribution in [-0.2, 0) is 11.2 Å². The van der Waals surface area contributed by atoms with Crippen molar-refractivity contribution in [2.24, 2.45) is 0 Å². The van der Waals surface area contributed by atoms with E-state index >= 15 is 0 Å². The van der Waals surface area contributed by atoms with Crippen LogP contribution in [0.5, 0.6) is 0 Å². The van der Waals surface area contributed by atoms with Gasteiger partial charge in [-0.2, -0.15) is 5.10 Å². The van der Waals surface area contributed by atoms with Crippen molar-refractivity contribution in [2.75, 3.05) is 5.32 Å². The molecule has 0 unspecified atom stereocenters. The maximum atomic E-state index is 12.9. The van der Waals surface area contributed by atoms with Crippen LogP contribution in [0, 0.1) is 6.92 Å². The molecule has 2 aromatic carbocycles. The Kier molecular flexibility index (Phi) is 5.12. The first kappa shape index (κ1) is 18.9. The Labute approximate surface area is 170 Å². The van der Waals surface area contributed by atoms with Gasteiger partial charge in [-0.3, -0.25) is 9.78 Å². The van der Waals surface area contributed by atoms with E-state index in [-0.39, 0.29) is 18.4 Å². The van der Waals surface area contributed by atoms with E-state index in [2.05, 4.69) is 28.6 Å². The number of aromatic nitrogens is 3. The van der Waals surface area contributed by atoms with E-state index in [4.69, 9.17) is 4.98 Å². The molecule has 0 aliphatic carbocycles. The first-order chi connectivity index (χ1) is 14.0. The van der Waals surface area contributed by atoms with Crippen LogP contribution in [0.4, 0.5) is 5.82 Å². The second kappa shape index (κ2) is 7.87. The summed E-state index contributed by atoms with van der Waals surface area (Å²) in [5.41, 5.74) is 4.91. The molecular weight excluding hydrogens is 360 g/mol. The van der Waals surface area contributed by atoms with Gasteiger partial charge in [-0.15, -0.1) is 0 Å². The number of rotatable bonds is 5. The number of benzene rings is 2. The van der Waals surface area contributed by atoms with Crippen LogP contribution in [0.2, 0.25) is 0 Å². The summed E-state index contributed by atoms with van der Waals surface area (Å²) in [4.78, 5) is 17.7. The standard InChI is InChI=1S/C24H24N4O/c1-16(2)28-22(13-14-25-28)27-23(29)15-20-17(3)26-21-12-8-7-11-19(21)24(20)18-9-5-4-6-10-18/h4-14,16H,15H2,1-3H3,(H,27,29). The van der Waals surface area contributed by atoms with Crippen LogP contribution in [0.25, 0.3) is 22.0 Å². The van der Waals surface area contributed by atoms with Crippen molar-refractivity contribution in [3.63, 3.8) is 0 Å². The van der Waals surface area contributed by atoms with E-state index in [9.17, 15) is 4.79 Å². The molecule has 2 heterocycles. The Bertz CT molecular complexity index is 1160. The molecule has 5 heteroatoms. The Balaban J connectivity index is 1.76. The molecule has 0 radical (unpaired) electrons. The maximum Gasteiger partial charge on any atom is 0.230 e. The highest BCUT2D eigenvalue weighted by Crippen LogP contribution is 2.33. The highest BCUT2D eigenvalue weighted by molar-refractivity contribution is 6.00. The number of fused-ring (bicyclic) bond motifs is 1. The summed E-state index contributed by atoms with van der Waals surface area (Å²) < 4.78 is 1.81. The van der Waals surface area contributed by atoms with Crippen LogP contribution in [0.1, 0.15) is 31.1 Å². The second-order valence-electron chi connectivity index (χ2n) is 7.41. The molecule has 4 rings (SSSR count). The van der Waals surface area contributed by atoms with Gasteiger partial charge < -0.3 is 5.32 Å². The summed E-state index contributed by atoms with van der Waals surface area (Å²) in [5, 5.41) is 8.35. The van der Waals surface area contributed by atoms with Crippen molar-refractivity contribution < 1.29 is 4.79 Å². The zero-order chi connectivity index (χ0) is 20.4. The third-order valence-corrected chi connectivity index (χ3v) is 5.03. The zero-order valence-corrected chi connectivity index (χ0v) is 16.9. The summed E-state index contributed by atoms with van der Waals surface area (Å²) in [7, 11) is 0. The van der Waals surface area contributed by atoms with Crippen molar-refractivity contribution in [1.82, 2.24) is 14.8 Å². The van der Waals surface area contributed by atoms with Crippen molar-refractivity contribution in [3.8, 4) is 11.1 Å². The number of aryl methyl sites for hydroxylation is 1. The van der Waals surface area contributed by atoms with Gasteiger partial charge in [0.15, 0.2) is 0 Å². The van der Waals surface area contributed by atoms with Gasteiger partial charge in [0.2, 0.25) is 5.91 Å². The van der Waals surface area contributed by atoms with Gasteiger partial charge in [-0.25, -0.2) is 4.68 Å². The first-order valence-electron chi connectivity index (χ1n) is 9.81. The monoisotopic (exact) mass is 384 g/mol. The van der Waals surface area contributed by atoms with Gasteiger partial charge in [0.25, 0.3) is 0 Å². The summed E-state index contributed by atoms with van der Waals surface area (Å²) in [6.45, 7) is 6.04. The van der Waals surface area contributed by atoms with Crippen molar-refractivity contribution in [2.45, 2.75) is 33.2 Å². The highest BCUT2D eigenvalue weighted by atomic mass is 16.1. The fourth-order valence-corrected chi connectivity index (χ4v) is 3.70. The molecule has 0 spiro atoms. The number of nitrogens with one attached hydrogen (secondary N) is 1. The van der Waals surface area contributed by atoms with E-state index < -0.39 is 0 Å². The molecule has 4 aromatic rings. The van der Waals surface area contributed by atoms with Crippen molar-refractivity contribution >= 4 is 22.6 Å². The first-order valence-corrected chi connectivity index (χ1v) is 9.81. The summed E-state index contributed by atoms with van der Waals surface area (Å²) in [6.07, 6.45) is 1.95. The van der Waals surface area contributed by atoms with Gasteiger partial charge >= 0.3 is 0 Å². The topological polar surface area (TPSA) is 59.8 Å².